The second kappa shape index (κ2) is 7.98. The van der Waals surface area contributed by atoms with Crippen molar-refractivity contribution in [2.45, 2.75) is 25.3 Å². The molecule has 2 aliphatic rings. The number of morpholine rings is 1. The summed E-state index contributed by atoms with van der Waals surface area (Å²) in [5.74, 6) is -0.380. The van der Waals surface area contributed by atoms with Gasteiger partial charge in [-0.2, -0.15) is 0 Å². The number of aryl methyl sites for hydroxylation is 1. The van der Waals surface area contributed by atoms with Crippen molar-refractivity contribution < 1.29 is 14.3 Å². The fourth-order valence-electron chi connectivity index (χ4n) is 3.39. The molecule has 6 nitrogen and oxygen atoms in total. The molecule has 1 atom stereocenters. The van der Waals surface area contributed by atoms with E-state index in [1.54, 1.807) is 24.3 Å². The van der Waals surface area contributed by atoms with E-state index in [1.807, 2.05) is 0 Å². The van der Waals surface area contributed by atoms with Crippen molar-refractivity contribution in [3.8, 4) is 0 Å². The van der Waals surface area contributed by atoms with E-state index in [9.17, 15) is 9.59 Å². The number of carbonyl (C=O) groups is 2. The summed E-state index contributed by atoms with van der Waals surface area (Å²) in [6, 6.07) is 6.57. The van der Waals surface area contributed by atoms with Crippen LogP contribution in [-0.2, 0) is 22.4 Å². The Bertz CT molecular complexity index is 860. The van der Waals surface area contributed by atoms with Crippen molar-refractivity contribution in [1.29, 1.82) is 0 Å². The molecule has 0 saturated carbocycles. The lowest BCUT2D eigenvalue weighted by Crippen LogP contribution is -2.48. The van der Waals surface area contributed by atoms with Crippen LogP contribution < -0.4 is 16.0 Å². The van der Waals surface area contributed by atoms with Crippen molar-refractivity contribution in [2.75, 3.05) is 30.4 Å². The van der Waals surface area contributed by atoms with Crippen molar-refractivity contribution in [3.05, 3.63) is 45.3 Å². The lowest BCUT2D eigenvalue weighted by molar-refractivity contribution is -0.120. The quantitative estimate of drug-likeness (QED) is 0.730. The highest BCUT2D eigenvalue weighted by Crippen LogP contribution is 2.39. The summed E-state index contributed by atoms with van der Waals surface area (Å²) in [7, 11) is 0. The van der Waals surface area contributed by atoms with Gasteiger partial charge in [-0.3, -0.25) is 9.59 Å². The Balaban J connectivity index is 1.56. The molecule has 1 aliphatic carbocycles. The van der Waals surface area contributed by atoms with E-state index in [0.717, 1.165) is 24.8 Å². The minimum absolute atomic E-state index is 0.171. The number of amides is 2. The minimum atomic E-state index is -0.400. The Labute approximate surface area is 166 Å². The van der Waals surface area contributed by atoms with Crippen molar-refractivity contribution in [1.82, 2.24) is 5.32 Å². The normalized spacial score (nSPS) is 18.8. The maximum absolute atomic E-state index is 13.0. The zero-order valence-corrected chi connectivity index (χ0v) is 16.2. The minimum Gasteiger partial charge on any atom is -0.378 e. The van der Waals surface area contributed by atoms with Crippen LogP contribution in [0, 0.1) is 0 Å². The zero-order valence-electron chi connectivity index (χ0n) is 14.6. The number of hydrogen-bond donors (Lipinski definition) is 3. The largest absolute Gasteiger partial charge is 0.378 e. The monoisotopic (exact) mass is 405 g/mol. The third-order valence-corrected chi connectivity index (χ3v) is 6.18. The number of fused-ring (bicyclic) bond motifs is 1. The Hall–Kier alpha value is -1.93. The van der Waals surface area contributed by atoms with Crippen LogP contribution >= 0.6 is 22.9 Å². The average Bonchev–Trinajstić information content (AvgIpc) is 3.25. The van der Waals surface area contributed by atoms with Gasteiger partial charge in [0.05, 0.1) is 18.8 Å². The third-order valence-electron chi connectivity index (χ3n) is 4.73. The summed E-state index contributed by atoms with van der Waals surface area (Å²) in [6.07, 6.45) is 2.84. The van der Waals surface area contributed by atoms with Crippen molar-refractivity contribution in [3.63, 3.8) is 0 Å². The predicted molar refractivity (Wildman–Crippen MR) is 107 cm³/mol. The lowest BCUT2D eigenvalue weighted by Gasteiger charge is -2.22. The van der Waals surface area contributed by atoms with Crippen LogP contribution in [0.15, 0.2) is 24.3 Å². The fourth-order valence-corrected chi connectivity index (χ4v) is 4.81. The molecule has 1 aliphatic heterocycles. The fraction of sp³-hybridized carbons (Fsp3) is 0.368. The molecule has 3 N–H and O–H groups in total. The number of nitrogens with one attached hydrogen (secondary N) is 3. The van der Waals surface area contributed by atoms with E-state index in [2.05, 4.69) is 16.0 Å². The lowest BCUT2D eigenvalue weighted by atomic mass is 10.1. The van der Waals surface area contributed by atoms with Crippen LogP contribution in [0.3, 0.4) is 0 Å². The Kier molecular flexibility index (Phi) is 5.45. The van der Waals surface area contributed by atoms with Gasteiger partial charge >= 0.3 is 0 Å². The summed E-state index contributed by atoms with van der Waals surface area (Å²) in [5.41, 5.74) is 2.30. The standard InChI is InChI=1S/C19H20ClN3O3S/c20-11-4-6-12(7-5-11)22-18(25)16-13-2-1-3-15(13)27-19(16)23-17(24)14-10-26-9-8-21-14/h4-7,14,21H,1-3,8-10H2,(H,22,25)(H,23,24). The molecule has 0 bridgehead atoms. The number of halogens is 1. The zero-order chi connectivity index (χ0) is 18.8. The van der Waals surface area contributed by atoms with Crippen LogP contribution in [-0.4, -0.2) is 37.6 Å². The Morgan fingerprint density at radius 1 is 1.19 bits per heavy atom. The van der Waals surface area contributed by atoms with Gasteiger partial charge in [0.25, 0.3) is 5.91 Å². The summed E-state index contributed by atoms with van der Waals surface area (Å²) >= 11 is 7.41. The molecule has 27 heavy (non-hydrogen) atoms. The van der Waals surface area contributed by atoms with Crippen LogP contribution in [0.5, 0.6) is 0 Å². The molecule has 0 radical (unpaired) electrons. The van der Waals surface area contributed by atoms with E-state index in [0.29, 0.717) is 41.0 Å². The number of benzene rings is 1. The van der Waals surface area contributed by atoms with Gasteiger partial charge in [0.1, 0.15) is 11.0 Å². The molecule has 142 valence electrons. The second-order valence-electron chi connectivity index (χ2n) is 6.59. The van der Waals surface area contributed by atoms with Gasteiger partial charge in [0.15, 0.2) is 0 Å². The predicted octanol–water partition coefficient (Wildman–Crippen LogP) is 3.07. The van der Waals surface area contributed by atoms with Crippen molar-refractivity contribution in [2.24, 2.45) is 0 Å². The third kappa shape index (κ3) is 4.01. The molecule has 4 rings (SSSR count). The first-order valence-electron chi connectivity index (χ1n) is 8.95. The number of ether oxygens (including phenoxy) is 1. The van der Waals surface area contributed by atoms with Crippen LogP contribution in [0.4, 0.5) is 10.7 Å². The number of carbonyl (C=O) groups excluding carboxylic acids is 2. The van der Waals surface area contributed by atoms with Gasteiger partial charge in [-0.05, 0) is 49.1 Å². The highest BCUT2D eigenvalue weighted by Gasteiger charge is 2.29. The highest BCUT2D eigenvalue weighted by atomic mass is 35.5. The van der Waals surface area contributed by atoms with Crippen molar-refractivity contribution >= 4 is 45.4 Å². The molecule has 2 heterocycles. The molecule has 1 aromatic heterocycles. The van der Waals surface area contributed by atoms with Crippen LogP contribution in [0.2, 0.25) is 5.02 Å². The number of hydrogen-bond acceptors (Lipinski definition) is 5. The van der Waals surface area contributed by atoms with E-state index >= 15 is 0 Å². The molecular weight excluding hydrogens is 386 g/mol. The van der Waals surface area contributed by atoms with Crippen LogP contribution in [0.1, 0.15) is 27.2 Å². The first kappa shape index (κ1) is 18.4. The summed E-state index contributed by atoms with van der Waals surface area (Å²) < 4.78 is 5.36. The second-order valence-corrected chi connectivity index (χ2v) is 8.13. The molecule has 1 aromatic carbocycles. The molecule has 2 aromatic rings. The average molecular weight is 406 g/mol. The Morgan fingerprint density at radius 3 is 2.74 bits per heavy atom. The van der Waals surface area contributed by atoms with Gasteiger partial charge < -0.3 is 20.7 Å². The number of anilines is 2. The molecular formula is C19H20ClN3O3S. The smallest absolute Gasteiger partial charge is 0.258 e. The van der Waals surface area contributed by atoms with Gasteiger partial charge in [-0.1, -0.05) is 11.6 Å². The maximum atomic E-state index is 13.0. The molecule has 8 heteroatoms. The SMILES string of the molecule is O=C(Nc1ccc(Cl)cc1)c1c(NC(=O)C2COCCN2)sc2c1CCC2. The summed E-state index contributed by atoms with van der Waals surface area (Å²) in [5, 5.41) is 10.2. The Morgan fingerprint density at radius 2 is 2.00 bits per heavy atom. The van der Waals surface area contributed by atoms with Gasteiger partial charge in [-0.15, -0.1) is 11.3 Å². The number of thiophene rings is 1. The van der Waals surface area contributed by atoms with E-state index in [-0.39, 0.29) is 11.8 Å². The number of rotatable bonds is 4. The maximum Gasteiger partial charge on any atom is 0.258 e. The summed E-state index contributed by atoms with van der Waals surface area (Å²) in [6.45, 7) is 1.58. The molecule has 0 spiro atoms. The van der Waals surface area contributed by atoms with E-state index in [1.165, 1.54) is 16.2 Å². The van der Waals surface area contributed by atoms with E-state index < -0.39 is 6.04 Å². The first-order valence-corrected chi connectivity index (χ1v) is 10.1. The van der Waals surface area contributed by atoms with Crippen LogP contribution in [0.25, 0.3) is 0 Å². The van der Waals surface area contributed by atoms with E-state index in [4.69, 9.17) is 16.3 Å². The highest BCUT2D eigenvalue weighted by molar-refractivity contribution is 7.17. The topological polar surface area (TPSA) is 79.5 Å². The van der Waals surface area contributed by atoms with Gasteiger partial charge in [-0.25, -0.2) is 0 Å². The van der Waals surface area contributed by atoms with Gasteiger partial charge in [0, 0.05) is 22.1 Å². The molecule has 1 fully saturated rings. The van der Waals surface area contributed by atoms with Gasteiger partial charge in [0.2, 0.25) is 5.91 Å². The molecule has 1 saturated heterocycles. The molecule has 2 amide bonds. The molecule has 1 unspecified atom stereocenters. The summed E-state index contributed by atoms with van der Waals surface area (Å²) in [4.78, 5) is 26.7. The first-order chi connectivity index (χ1) is 13.1.